The third-order valence-corrected chi connectivity index (χ3v) is 2.63. The van der Waals surface area contributed by atoms with Gasteiger partial charge >= 0.3 is 5.97 Å². The molecule has 0 aliphatic rings. The van der Waals surface area contributed by atoms with Crippen LogP contribution in [0.25, 0.3) is 10.8 Å². The van der Waals surface area contributed by atoms with E-state index < -0.39 is 5.97 Å². The summed E-state index contributed by atoms with van der Waals surface area (Å²) in [6.07, 6.45) is 5.07. The largest absolute Gasteiger partial charge is 0.478 e. The van der Waals surface area contributed by atoms with Crippen molar-refractivity contribution >= 4 is 22.5 Å². The van der Waals surface area contributed by atoms with Gasteiger partial charge in [0.05, 0.1) is 0 Å². The van der Waals surface area contributed by atoms with E-state index in [4.69, 9.17) is 5.11 Å². The lowest BCUT2D eigenvalue weighted by molar-refractivity contribution is -0.131. The van der Waals surface area contributed by atoms with Crippen molar-refractivity contribution in [2.45, 2.75) is 0 Å². The molecule has 0 saturated heterocycles. The van der Waals surface area contributed by atoms with Crippen molar-refractivity contribution < 1.29 is 14.7 Å². The molecular weight excluding hydrogens is 240 g/mol. The molecule has 0 fully saturated rings. The number of hydrogen-bond acceptors (Lipinski definition) is 2. The first-order valence-electron chi connectivity index (χ1n) is 5.77. The van der Waals surface area contributed by atoms with Crippen LogP contribution in [0.4, 0.5) is 0 Å². The van der Waals surface area contributed by atoms with E-state index in [9.17, 15) is 9.59 Å². The number of hydrogen-bond donors (Lipinski definition) is 1. The van der Waals surface area contributed by atoms with E-state index in [-0.39, 0.29) is 5.78 Å². The van der Waals surface area contributed by atoms with Crippen LogP contribution >= 0.6 is 0 Å². The standard InChI is InChI=1S/C16H12O3/c17-15(7-3-4-8-16(18)19)14-10-9-12-5-1-2-6-13(12)11-14/h1-11H,(H,18,19)/b7-3+,8-4-. The molecule has 2 aromatic rings. The molecule has 0 heterocycles. The summed E-state index contributed by atoms with van der Waals surface area (Å²) in [5, 5.41) is 10.5. The molecule has 94 valence electrons. The second kappa shape index (κ2) is 5.78. The van der Waals surface area contributed by atoms with E-state index in [2.05, 4.69) is 0 Å². The maximum atomic E-state index is 11.9. The third-order valence-electron chi connectivity index (χ3n) is 2.63. The van der Waals surface area contributed by atoms with Crippen LogP contribution < -0.4 is 0 Å². The van der Waals surface area contributed by atoms with Gasteiger partial charge in [-0.05, 0) is 22.9 Å². The van der Waals surface area contributed by atoms with Crippen molar-refractivity contribution in [2.75, 3.05) is 0 Å². The maximum absolute atomic E-state index is 11.9. The Morgan fingerprint density at radius 1 is 0.895 bits per heavy atom. The van der Waals surface area contributed by atoms with Crippen molar-refractivity contribution in [1.82, 2.24) is 0 Å². The van der Waals surface area contributed by atoms with Gasteiger partial charge in [0.15, 0.2) is 5.78 Å². The van der Waals surface area contributed by atoms with Crippen molar-refractivity contribution in [3.8, 4) is 0 Å². The predicted octanol–water partition coefficient (Wildman–Crippen LogP) is 3.22. The minimum absolute atomic E-state index is 0.152. The fraction of sp³-hybridized carbons (Fsp3) is 0. The summed E-state index contributed by atoms with van der Waals surface area (Å²) in [6, 6.07) is 13.3. The number of ketones is 1. The summed E-state index contributed by atoms with van der Waals surface area (Å²) >= 11 is 0. The number of benzene rings is 2. The highest BCUT2D eigenvalue weighted by molar-refractivity contribution is 6.06. The van der Waals surface area contributed by atoms with Crippen LogP contribution in [0.2, 0.25) is 0 Å². The fourth-order valence-electron chi connectivity index (χ4n) is 1.72. The number of rotatable bonds is 4. The maximum Gasteiger partial charge on any atom is 0.328 e. The summed E-state index contributed by atoms with van der Waals surface area (Å²) in [6.45, 7) is 0. The van der Waals surface area contributed by atoms with E-state index in [0.29, 0.717) is 5.56 Å². The van der Waals surface area contributed by atoms with Crippen LogP contribution in [0.1, 0.15) is 10.4 Å². The van der Waals surface area contributed by atoms with E-state index in [0.717, 1.165) is 16.8 Å². The lowest BCUT2D eigenvalue weighted by atomic mass is 10.0. The Kier molecular flexibility index (Phi) is 3.88. The third kappa shape index (κ3) is 3.39. The lowest BCUT2D eigenvalue weighted by Crippen LogP contribution is -1.93. The Labute approximate surface area is 110 Å². The van der Waals surface area contributed by atoms with Gasteiger partial charge in [0.2, 0.25) is 0 Å². The van der Waals surface area contributed by atoms with Crippen molar-refractivity contribution in [3.63, 3.8) is 0 Å². The van der Waals surface area contributed by atoms with Gasteiger partial charge in [-0.1, -0.05) is 48.6 Å². The van der Waals surface area contributed by atoms with Gasteiger partial charge in [0.25, 0.3) is 0 Å². The Balaban J connectivity index is 2.19. The van der Waals surface area contributed by atoms with Crippen LogP contribution in [-0.4, -0.2) is 16.9 Å². The highest BCUT2D eigenvalue weighted by atomic mass is 16.4. The van der Waals surface area contributed by atoms with Crippen LogP contribution in [0.15, 0.2) is 66.8 Å². The van der Waals surface area contributed by atoms with E-state index in [1.165, 1.54) is 18.2 Å². The van der Waals surface area contributed by atoms with Gasteiger partial charge in [-0.3, -0.25) is 4.79 Å². The molecule has 0 amide bonds. The van der Waals surface area contributed by atoms with Crippen LogP contribution in [-0.2, 0) is 4.79 Å². The molecule has 3 nitrogen and oxygen atoms in total. The molecule has 0 spiro atoms. The molecule has 0 atom stereocenters. The number of carbonyl (C=O) groups is 2. The molecule has 1 N–H and O–H groups in total. The van der Waals surface area contributed by atoms with Gasteiger partial charge in [-0.25, -0.2) is 4.79 Å². The van der Waals surface area contributed by atoms with Gasteiger partial charge in [-0.15, -0.1) is 0 Å². The van der Waals surface area contributed by atoms with Gasteiger partial charge < -0.3 is 5.11 Å². The molecule has 3 heteroatoms. The average Bonchev–Trinajstić information content (AvgIpc) is 2.42. The smallest absolute Gasteiger partial charge is 0.328 e. The first-order valence-corrected chi connectivity index (χ1v) is 5.77. The van der Waals surface area contributed by atoms with E-state index in [1.807, 2.05) is 36.4 Å². The minimum Gasteiger partial charge on any atom is -0.478 e. The minimum atomic E-state index is -1.04. The van der Waals surface area contributed by atoms with Gasteiger partial charge in [0, 0.05) is 11.6 Å². The van der Waals surface area contributed by atoms with Crippen molar-refractivity contribution in [3.05, 3.63) is 72.3 Å². The zero-order valence-corrected chi connectivity index (χ0v) is 10.1. The zero-order chi connectivity index (χ0) is 13.7. The van der Waals surface area contributed by atoms with Crippen LogP contribution in [0, 0.1) is 0 Å². The molecule has 19 heavy (non-hydrogen) atoms. The van der Waals surface area contributed by atoms with E-state index in [1.54, 1.807) is 6.07 Å². The number of fused-ring (bicyclic) bond motifs is 1. The zero-order valence-electron chi connectivity index (χ0n) is 10.1. The molecule has 2 rings (SSSR count). The number of aliphatic carboxylic acids is 1. The van der Waals surface area contributed by atoms with Crippen LogP contribution in [0.5, 0.6) is 0 Å². The normalized spacial score (nSPS) is 11.4. The predicted molar refractivity (Wildman–Crippen MR) is 74.2 cm³/mol. The number of carboxylic acid groups (broad SMARTS) is 1. The number of carboxylic acids is 1. The molecule has 0 radical (unpaired) electrons. The number of carbonyl (C=O) groups excluding carboxylic acids is 1. The summed E-state index contributed by atoms with van der Waals surface area (Å²) in [7, 11) is 0. The second-order valence-electron chi connectivity index (χ2n) is 3.98. The first kappa shape index (κ1) is 12.8. The summed E-state index contributed by atoms with van der Waals surface area (Å²) in [5.41, 5.74) is 0.582. The summed E-state index contributed by atoms with van der Waals surface area (Å²) < 4.78 is 0. The topological polar surface area (TPSA) is 54.4 Å². The molecule has 0 bridgehead atoms. The SMILES string of the molecule is O=C(O)/C=C\C=C\C(=O)c1ccc2ccccc2c1. The summed E-state index contributed by atoms with van der Waals surface area (Å²) in [4.78, 5) is 22.1. The van der Waals surface area contributed by atoms with Crippen molar-refractivity contribution in [2.24, 2.45) is 0 Å². The highest BCUT2D eigenvalue weighted by Crippen LogP contribution is 2.16. The Morgan fingerprint density at radius 2 is 1.58 bits per heavy atom. The molecule has 0 unspecified atom stereocenters. The number of allylic oxidation sites excluding steroid dienone is 3. The highest BCUT2D eigenvalue weighted by Gasteiger charge is 2.02. The van der Waals surface area contributed by atoms with Crippen molar-refractivity contribution in [1.29, 1.82) is 0 Å². The van der Waals surface area contributed by atoms with E-state index >= 15 is 0 Å². The van der Waals surface area contributed by atoms with Gasteiger partial charge in [0.1, 0.15) is 0 Å². The molecular formula is C16H12O3. The molecule has 0 aliphatic carbocycles. The average molecular weight is 252 g/mol. The molecule has 0 aliphatic heterocycles. The Morgan fingerprint density at radius 3 is 2.32 bits per heavy atom. The van der Waals surface area contributed by atoms with Crippen LogP contribution in [0.3, 0.4) is 0 Å². The summed E-state index contributed by atoms with van der Waals surface area (Å²) in [5.74, 6) is -1.19. The quantitative estimate of drug-likeness (QED) is 0.516. The lowest BCUT2D eigenvalue weighted by Gasteiger charge is -1.99. The molecule has 0 saturated carbocycles. The molecule has 2 aromatic carbocycles. The first-order chi connectivity index (χ1) is 9.16. The second-order valence-corrected chi connectivity index (χ2v) is 3.98. The molecule has 0 aromatic heterocycles. The Hall–Kier alpha value is -2.68. The van der Waals surface area contributed by atoms with Gasteiger partial charge in [-0.2, -0.15) is 0 Å². The monoisotopic (exact) mass is 252 g/mol. The fourth-order valence-corrected chi connectivity index (χ4v) is 1.72. The Bertz CT molecular complexity index is 681.